The lowest BCUT2D eigenvalue weighted by atomic mass is 9.92. The van der Waals surface area contributed by atoms with Gasteiger partial charge in [-0.05, 0) is 83.0 Å². The number of hydrogen-bond acceptors (Lipinski definition) is 2. The van der Waals surface area contributed by atoms with Crippen LogP contribution in [-0.2, 0) is 0 Å². The highest BCUT2D eigenvalue weighted by Gasteiger charge is 2.11. The number of rotatable bonds is 5. The Balaban J connectivity index is 1.54. The van der Waals surface area contributed by atoms with Crippen molar-refractivity contribution in [3.05, 3.63) is 120 Å². The number of pyridine rings is 2. The SMILES string of the molecule is Cc1cnc(-c2cccc(-c3ccccc3-c3cccc(-c4ccc(C(C)C)cn4)c3)c2)cc1C. The molecule has 0 saturated heterocycles. The number of aromatic nitrogens is 2. The van der Waals surface area contributed by atoms with Gasteiger partial charge in [0.1, 0.15) is 0 Å². The monoisotopic (exact) mass is 454 g/mol. The largest absolute Gasteiger partial charge is 0.256 e. The van der Waals surface area contributed by atoms with Gasteiger partial charge in [-0.3, -0.25) is 9.97 Å². The van der Waals surface area contributed by atoms with E-state index in [2.05, 4.69) is 124 Å². The molecule has 0 saturated carbocycles. The van der Waals surface area contributed by atoms with Gasteiger partial charge in [0.05, 0.1) is 11.4 Å². The molecule has 0 aliphatic rings. The van der Waals surface area contributed by atoms with E-state index in [0.717, 1.165) is 22.5 Å². The maximum absolute atomic E-state index is 4.74. The molecule has 0 spiro atoms. The summed E-state index contributed by atoms with van der Waals surface area (Å²) in [5.74, 6) is 0.476. The molecule has 2 aromatic heterocycles. The van der Waals surface area contributed by atoms with E-state index in [9.17, 15) is 0 Å². The van der Waals surface area contributed by atoms with Crippen LogP contribution in [0.15, 0.2) is 103 Å². The van der Waals surface area contributed by atoms with Crippen LogP contribution in [0.5, 0.6) is 0 Å². The van der Waals surface area contributed by atoms with Crippen molar-refractivity contribution in [2.45, 2.75) is 33.6 Å². The molecule has 0 radical (unpaired) electrons. The fourth-order valence-corrected chi connectivity index (χ4v) is 4.38. The summed E-state index contributed by atoms with van der Waals surface area (Å²) in [5.41, 5.74) is 12.8. The smallest absolute Gasteiger partial charge is 0.0705 e. The zero-order chi connectivity index (χ0) is 24.4. The average molecular weight is 455 g/mol. The minimum atomic E-state index is 0.476. The van der Waals surface area contributed by atoms with Crippen LogP contribution in [0, 0.1) is 13.8 Å². The molecule has 2 heterocycles. The fourth-order valence-electron chi connectivity index (χ4n) is 4.38. The van der Waals surface area contributed by atoms with Crippen molar-refractivity contribution >= 4 is 0 Å². The van der Waals surface area contributed by atoms with Gasteiger partial charge in [0, 0.05) is 23.5 Å². The van der Waals surface area contributed by atoms with Crippen molar-refractivity contribution < 1.29 is 0 Å². The molecule has 5 rings (SSSR count). The summed E-state index contributed by atoms with van der Waals surface area (Å²) >= 11 is 0. The molecule has 0 atom stereocenters. The van der Waals surface area contributed by atoms with Gasteiger partial charge in [-0.1, -0.05) is 80.6 Å². The lowest BCUT2D eigenvalue weighted by Crippen LogP contribution is -1.91. The van der Waals surface area contributed by atoms with Gasteiger partial charge >= 0.3 is 0 Å². The Morgan fingerprint density at radius 3 is 1.63 bits per heavy atom. The highest BCUT2D eigenvalue weighted by Crippen LogP contribution is 2.35. The Hall–Kier alpha value is -4.04. The van der Waals surface area contributed by atoms with E-state index in [4.69, 9.17) is 4.98 Å². The van der Waals surface area contributed by atoms with Crippen LogP contribution in [0.25, 0.3) is 44.8 Å². The molecule has 3 aromatic carbocycles. The molecule has 0 amide bonds. The summed E-state index contributed by atoms with van der Waals surface area (Å²) in [5, 5.41) is 0. The van der Waals surface area contributed by atoms with E-state index < -0.39 is 0 Å². The molecule has 35 heavy (non-hydrogen) atoms. The van der Waals surface area contributed by atoms with Gasteiger partial charge in [0.15, 0.2) is 0 Å². The summed E-state index contributed by atoms with van der Waals surface area (Å²) in [6.45, 7) is 8.62. The van der Waals surface area contributed by atoms with Gasteiger partial charge in [-0.25, -0.2) is 0 Å². The van der Waals surface area contributed by atoms with Crippen molar-refractivity contribution in [2.75, 3.05) is 0 Å². The molecular formula is C33H30N2. The summed E-state index contributed by atoms with van der Waals surface area (Å²) < 4.78 is 0. The van der Waals surface area contributed by atoms with E-state index in [-0.39, 0.29) is 0 Å². The fraction of sp³-hybridized carbons (Fsp3) is 0.152. The van der Waals surface area contributed by atoms with Crippen molar-refractivity contribution in [2.24, 2.45) is 0 Å². The molecule has 2 heteroatoms. The second kappa shape index (κ2) is 9.68. The Labute approximate surface area is 208 Å². The van der Waals surface area contributed by atoms with Crippen LogP contribution >= 0.6 is 0 Å². The Morgan fingerprint density at radius 2 is 1.09 bits per heavy atom. The molecule has 0 N–H and O–H groups in total. The van der Waals surface area contributed by atoms with E-state index in [0.29, 0.717) is 5.92 Å². The van der Waals surface area contributed by atoms with E-state index in [1.54, 1.807) is 0 Å². The van der Waals surface area contributed by atoms with E-state index >= 15 is 0 Å². The van der Waals surface area contributed by atoms with Crippen molar-refractivity contribution in [1.29, 1.82) is 0 Å². The minimum absolute atomic E-state index is 0.476. The quantitative estimate of drug-likeness (QED) is 0.265. The van der Waals surface area contributed by atoms with E-state index in [1.165, 1.54) is 38.9 Å². The summed E-state index contributed by atoms with van der Waals surface area (Å²) in [4.78, 5) is 9.42. The summed E-state index contributed by atoms with van der Waals surface area (Å²) in [6, 6.07) is 32.4. The third-order valence-electron chi connectivity index (χ3n) is 6.69. The first-order valence-corrected chi connectivity index (χ1v) is 12.2. The number of benzene rings is 3. The Bertz CT molecular complexity index is 1480. The number of hydrogen-bond donors (Lipinski definition) is 0. The molecule has 0 fully saturated rings. The van der Waals surface area contributed by atoms with Gasteiger partial charge in [0.25, 0.3) is 0 Å². The van der Waals surface area contributed by atoms with E-state index in [1.807, 2.05) is 12.4 Å². The standard InChI is InChI=1S/C33H30N2/c1-22(2)29-15-16-32(35-21-29)27-11-7-9-25(18-27)30-13-5-6-14-31(30)26-10-8-12-28(19-26)33-17-23(3)24(4)20-34-33/h5-22H,1-4H3. The molecule has 0 aliphatic heterocycles. The molecule has 172 valence electrons. The lowest BCUT2D eigenvalue weighted by Gasteiger charge is -2.13. The Kier molecular flexibility index (Phi) is 6.29. The van der Waals surface area contributed by atoms with Crippen LogP contribution in [0.2, 0.25) is 0 Å². The first-order chi connectivity index (χ1) is 17.0. The van der Waals surface area contributed by atoms with Crippen LogP contribution in [0.4, 0.5) is 0 Å². The lowest BCUT2D eigenvalue weighted by molar-refractivity contribution is 0.859. The maximum atomic E-state index is 4.74. The minimum Gasteiger partial charge on any atom is -0.256 e. The number of nitrogens with zero attached hydrogens (tertiary/aromatic N) is 2. The van der Waals surface area contributed by atoms with Gasteiger partial charge < -0.3 is 0 Å². The average Bonchev–Trinajstić information content (AvgIpc) is 2.90. The second-order valence-corrected chi connectivity index (χ2v) is 9.49. The van der Waals surface area contributed by atoms with Gasteiger partial charge in [-0.2, -0.15) is 0 Å². The summed E-state index contributed by atoms with van der Waals surface area (Å²) in [7, 11) is 0. The topological polar surface area (TPSA) is 25.8 Å². The normalized spacial score (nSPS) is 11.1. The first-order valence-electron chi connectivity index (χ1n) is 12.2. The van der Waals surface area contributed by atoms with Crippen molar-refractivity contribution in [1.82, 2.24) is 9.97 Å². The van der Waals surface area contributed by atoms with Crippen LogP contribution < -0.4 is 0 Å². The molecule has 2 nitrogen and oxygen atoms in total. The zero-order valence-electron chi connectivity index (χ0n) is 20.8. The van der Waals surface area contributed by atoms with Crippen LogP contribution in [-0.4, -0.2) is 9.97 Å². The van der Waals surface area contributed by atoms with Crippen molar-refractivity contribution in [3.63, 3.8) is 0 Å². The molecule has 0 unspecified atom stereocenters. The summed E-state index contributed by atoms with van der Waals surface area (Å²) in [6.07, 6.45) is 3.95. The van der Waals surface area contributed by atoms with Gasteiger partial charge in [-0.15, -0.1) is 0 Å². The molecule has 5 aromatic rings. The van der Waals surface area contributed by atoms with Crippen molar-refractivity contribution in [3.8, 4) is 44.8 Å². The number of aryl methyl sites for hydroxylation is 2. The third-order valence-corrected chi connectivity index (χ3v) is 6.69. The predicted octanol–water partition coefficient (Wildman–Crippen LogP) is 8.88. The highest BCUT2D eigenvalue weighted by molar-refractivity contribution is 5.86. The molecule has 0 aliphatic carbocycles. The predicted molar refractivity (Wildman–Crippen MR) is 147 cm³/mol. The van der Waals surface area contributed by atoms with Gasteiger partial charge in [0.2, 0.25) is 0 Å². The first kappa shape index (κ1) is 22.7. The highest BCUT2D eigenvalue weighted by atomic mass is 14.7. The zero-order valence-corrected chi connectivity index (χ0v) is 20.8. The molecule has 0 bridgehead atoms. The Morgan fingerprint density at radius 1 is 0.514 bits per heavy atom. The second-order valence-electron chi connectivity index (χ2n) is 9.49. The van der Waals surface area contributed by atoms with Crippen LogP contribution in [0.1, 0.15) is 36.5 Å². The third kappa shape index (κ3) is 4.79. The maximum Gasteiger partial charge on any atom is 0.0705 e. The molecular weight excluding hydrogens is 424 g/mol. The van der Waals surface area contributed by atoms with Crippen LogP contribution in [0.3, 0.4) is 0 Å².